The molecular weight excluding hydrogens is 286 g/mol. The summed E-state index contributed by atoms with van der Waals surface area (Å²) in [6.45, 7) is 10.0. The van der Waals surface area contributed by atoms with Crippen molar-refractivity contribution >= 4 is 22.1 Å². The summed E-state index contributed by atoms with van der Waals surface area (Å²) >= 11 is 1.63. The fourth-order valence-corrected chi connectivity index (χ4v) is 5.99. The lowest BCUT2D eigenvalue weighted by Crippen LogP contribution is -2.48. The molecule has 114 valence electrons. The van der Waals surface area contributed by atoms with Gasteiger partial charge in [-0.05, 0) is 48.6 Å². The molecule has 1 aromatic rings. The van der Waals surface area contributed by atoms with Crippen LogP contribution >= 0.6 is 11.3 Å². The highest BCUT2D eigenvalue weighted by molar-refractivity contribution is 7.88. The van der Waals surface area contributed by atoms with Gasteiger partial charge in [-0.1, -0.05) is 33.8 Å². The molecule has 0 saturated heterocycles. The summed E-state index contributed by atoms with van der Waals surface area (Å²) in [6.07, 6.45) is 3.47. The molecule has 0 aliphatic heterocycles. The third kappa shape index (κ3) is 3.71. The summed E-state index contributed by atoms with van der Waals surface area (Å²) in [7, 11) is -0.870. The van der Waals surface area contributed by atoms with Crippen molar-refractivity contribution in [1.29, 1.82) is 0 Å². The Labute approximate surface area is 129 Å². The second-order valence-corrected chi connectivity index (χ2v) is 9.65. The van der Waals surface area contributed by atoms with E-state index in [9.17, 15) is 4.21 Å². The first-order chi connectivity index (χ1) is 9.43. The molecule has 1 saturated carbocycles. The number of nitrogens with one attached hydrogen (secondary N) is 1. The van der Waals surface area contributed by atoms with Gasteiger partial charge in [0.2, 0.25) is 0 Å². The van der Waals surface area contributed by atoms with Crippen LogP contribution in [0, 0.1) is 11.3 Å². The van der Waals surface area contributed by atoms with Gasteiger partial charge in [-0.15, -0.1) is 11.3 Å². The predicted molar refractivity (Wildman–Crippen MR) is 88.8 cm³/mol. The maximum atomic E-state index is 12.9. The van der Waals surface area contributed by atoms with Crippen LogP contribution in [0.2, 0.25) is 0 Å². The van der Waals surface area contributed by atoms with Crippen molar-refractivity contribution < 1.29 is 4.21 Å². The standard InChI is InChI=1S/C16H27NOS2/c1-5-17-13-9-8-12(16(2,3)4)11-14(13)20(18)15-7-6-10-19-15/h6-7,10,12-14,17H,5,8-9,11H2,1-4H3. The summed E-state index contributed by atoms with van der Waals surface area (Å²) in [5.74, 6) is 0.673. The van der Waals surface area contributed by atoms with Crippen molar-refractivity contribution in [3.05, 3.63) is 17.5 Å². The van der Waals surface area contributed by atoms with Gasteiger partial charge >= 0.3 is 0 Å². The zero-order valence-corrected chi connectivity index (χ0v) is 14.7. The Bertz CT molecular complexity index is 436. The minimum Gasteiger partial charge on any atom is -0.313 e. The average Bonchev–Trinajstić information content (AvgIpc) is 2.91. The Hall–Kier alpha value is -0.190. The van der Waals surface area contributed by atoms with Gasteiger partial charge in [-0.3, -0.25) is 4.21 Å². The lowest BCUT2D eigenvalue weighted by atomic mass is 9.71. The van der Waals surface area contributed by atoms with Gasteiger partial charge < -0.3 is 5.32 Å². The highest BCUT2D eigenvalue weighted by atomic mass is 32.2. The van der Waals surface area contributed by atoms with Crippen LogP contribution in [0.25, 0.3) is 0 Å². The molecule has 1 heterocycles. The van der Waals surface area contributed by atoms with Crippen molar-refractivity contribution in [2.24, 2.45) is 11.3 Å². The largest absolute Gasteiger partial charge is 0.313 e. The van der Waals surface area contributed by atoms with Gasteiger partial charge in [0.05, 0.1) is 20.3 Å². The summed E-state index contributed by atoms with van der Waals surface area (Å²) in [5.41, 5.74) is 0.315. The van der Waals surface area contributed by atoms with E-state index in [4.69, 9.17) is 0 Å². The van der Waals surface area contributed by atoms with Crippen molar-refractivity contribution in [2.75, 3.05) is 6.54 Å². The highest BCUT2D eigenvalue weighted by Gasteiger charge is 2.38. The minimum absolute atomic E-state index is 0.256. The van der Waals surface area contributed by atoms with Crippen LogP contribution in [-0.4, -0.2) is 22.0 Å². The van der Waals surface area contributed by atoms with Gasteiger partial charge in [0.25, 0.3) is 0 Å². The summed E-state index contributed by atoms with van der Waals surface area (Å²) < 4.78 is 13.9. The maximum absolute atomic E-state index is 12.9. The van der Waals surface area contributed by atoms with Crippen LogP contribution in [0.4, 0.5) is 0 Å². The van der Waals surface area contributed by atoms with Crippen molar-refractivity contribution in [3.8, 4) is 0 Å². The van der Waals surface area contributed by atoms with Gasteiger partial charge in [0.1, 0.15) is 0 Å². The van der Waals surface area contributed by atoms with Gasteiger partial charge in [-0.2, -0.15) is 0 Å². The molecule has 20 heavy (non-hydrogen) atoms. The molecule has 1 fully saturated rings. The summed E-state index contributed by atoms with van der Waals surface area (Å²) in [4.78, 5) is 0. The van der Waals surface area contributed by atoms with E-state index in [1.807, 2.05) is 17.5 Å². The Kier molecular flexibility index (Phi) is 5.43. The first kappa shape index (κ1) is 16.2. The molecular formula is C16H27NOS2. The first-order valence-electron chi connectivity index (χ1n) is 7.61. The molecule has 0 spiro atoms. The molecule has 1 N–H and O–H groups in total. The smallest absolute Gasteiger partial charge is 0.0914 e. The maximum Gasteiger partial charge on any atom is 0.0914 e. The monoisotopic (exact) mass is 313 g/mol. The Balaban J connectivity index is 2.17. The number of thiophene rings is 1. The molecule has 0 bridgehead atoms. The second-order valence-electron chi connectivity index (χ2n) is 6.81. The molecule has 4 atom stereocenters. The third-order valence-corrected chi connectivity index (χ3v) is 7.50. The first-order valence-corrected chi connectivity index (χ1v) is 9.70. The quantitative estimate of drug-likeness (QED) is 0.908. The van der Waals surface area contributed by atoms with Gasteiger partial charge in [0.15, 0.2) is 0 Å². The van der Waals surface area contributed by atoms with E-state index in [1.165, 1.54) is 6.42 Å². The van der Waals surface area contributed by atoms with Crippen LogP contribution in [0.15, 0.2) is 21.7 Å². The fourth-order valence-electron chi connectivity index (χ4n) is 3.18. The summed E-state index contributed by atoms with van der Waals surface area (Å²) in [6, 6.07) is 4.43. The zero-order valence-electron chi connectivity index (χ0n) is 13.0. The van der Waals surface area contributed by atoms with E-state index >= 15 is 0 Å². The minimum atomic E-state index is -0.870. The molecule has 2 nitrogen and oxygen atoms in total. The van der Waals surface area contributed by atoms with Crippen LogP contribution in [0.5, 0.6) is 0 Å². The van der Waals surface area contributed by atoms with E-state index in [0.717, 1.165) is 23.6 Å². The van der Waals surface area contributed by atoms with E-state index in [2.05, 4.69) is 33.0 Å². The van der Waals surface area contributed by atoms with Crippen molar-refractivity contribution in [2.45, 2.75) is 62.5 Å². The molecule has 4 unspecified atom stereocenters. The van der Waals surface area contributed by atoms with Crippen LogP contribution in [0.1, 0.15) is 47.0 Å². The molecule has 4 heteroatoms. The number of rotatable bonds is 4. The van der Waals surface area contributed by atoms with E-state index < -0.39 is 10.8 Å². The highest BCUT2D eigenvalue weighted by Crippen LogP contribution is 2.40. The molecule has 0 radical (unpaired) electrons. The third-order valence-electron chi connectivity index (χ3n) is 4.45. The predicted octanol–water partition coefficient (Wildman–Crippen LogP) is 4.05. The van der Waals surface area contributed by atoms with E-state index in [-0.39, 0.29) is 5.25 Å². The van der Waals surface area contributed by atoms with Crippen LogP contribution < -0.4 is 5.32 Å². The Morgan fingerprint density at radius 1 is 1.40 bits per heavy atom. The van der Waals surface area contributed by atoms with E-state index in [0.29, 0.717) is 17.4 Å². The zero-order chi connectivity index (χ0) is 14.8. The average molecular weight is 314 g/mol. The molecule has 1 aliphatic carbocycles. The SMILES string of the molecule is CCNC1CCC(C(C)(C)C)CC1S(=O)c1cccs1. The molecule has 1 aromatic heterocycles. The Morgan fingerprint density at radius 2 is 2.15 bits per heavy atom. The van der Waals surface area contributed by atoms with Gasteiger partial charge in [-0.25, -0.2) is 0 Å². The van der Waals surface area contributed by atoms with Crippen molar-refractivity contribution in [1.82, 2.24) is 5.32 Å². The van der Waals surface area contributed by atoms with Crippen molar-refractivity contribution in [3.63, 3.8) is 0 Å². The molecule has 1 aliphatic rings. The molecule has 2 rings (SSSR count). The fraction of sp³-hybridized carbons (Fsp3) is 0.750. The molecule has 0 aromatic carbocycles. The normalized spacial score (nSPS) is 29.3. The number of hydrogen-bond donors (Lipinski definition) is 1. The van der Waals surface area contributed by atoms with E-state index in [1.54, 1.807) is 11.3 Å². The molecule has 0 amide bonds. The number of hydrogen-bond acceptors (Lipinski definition) is 3. The van der Waals surface area contributed by atoms with Crippen LogP contribution in [0.3, 0.4) is 0 Å². The second kappa shape index (κ2) is 6.71. The van der Waals surface area contributed by atoms with Crippen LogP contribution in [-0.2, 0) is 10.8 Å². The lowest BCUT2D eigenvalue weighted by molar-refractivity contribution is 0.164. The Morgan fingerprint density at radius 3 is 2.70 bits per heavy atom. The topological polar surface area (TPSA) is 29.1 Å². The summed E-state index contributed by atoms with van der Waals surface area (Å²) in [5, 5.41) is 5.84. The lowest BCUT2D eigenvalue weighted by Gasteiger charge is -2.41. The van der Waals surface area contributed by atoms with Gasteiger partial charge in [0, 0.05) is 6.04 Å².